The summed E-state index contributed by atoms with van der Waals surface area (Å²) in [5.41, 5.74) is 4.64. The van der Waals surface area contributed by atoms with Crippen molar-refractivity contribution >= 4 is 12.1 Å². The fourth-order valence-electron chi connectivity index (χ4n) is 3.42. The molecule has 2 aromatic carbocycles. The molecule has 0 saturated heterocycles. The Morgan fingerprint density at radius 3 is 2.25 bits per heavy atom. The van der Waals surface area contributed by atoms with Gasteiger partial charge in [0.15, 0.2) is 0 Å². The molecule has 5 heteroatoms. The average Bonchev–Trinajstić information content (AvgIpc) is 3.04. The number of nitrogens with one attached hydrogen (secondary N) is 1. The highest BCUT2D eigenvalue weighted by atomic mass is 16.6. The highest BCUT2D eigenvalue weighted by Crippen LogP contribution is 2.44. The van der Waals surface area contributed by atoms with Gasteiger partial charge in [0.2, 0.25) is 0 Å². The van der Waals surface area contributed by atoms with Crippen molar-refractivity contribution in [3.8, 4) is 11.1 Å². The molecule has 0 radical (unpaired) electrons. The molecule has 1 aliphatic carbocycles. The first kappa shape index (κ1) is 19.7. The molecule has 2 aromatic rings. The maximum atomic E-state index is 12.0. The third-order valence-electron chi connectivity index (χ3n) is 4.79. The van der Waals surface area contributed by atoms with Gasteiger partial charge in [-0.25, -0.2) is 4.79 Å². The van der Waals surface area contributed by atoms with Crippen LogP contribution in [0.5, 0.6) is 0 Å². The van der Waals surface area contributed by atoms with E-state index in [1.165, 1.54) is 11.1 Å². The minimum absolute atomic E-state index is 0.00467. The number of carbonyl (C=O) groups excluding carboxylic acids is 2. The Bertz CT molecular complexity index is 801. The minimum Gasteiger partial charge on any atom is -0.464 e. The molecule has 0 spiro atoms. The molecule has 0 heterocycles. The molecule has 0 atom stereocenters. The van der Waals surface area contributed by atoms with Crippen LogP contribution in [0, 0.1) is 0 Å². The van der Waals surface area contributed by atoms with Crippen LogP contribution in [0.25, 0.3) is 11.1 Å². The van der Waals surface area contributed by atoms with Crippen LogP contribution < -0.4 is 5.32 Å². The summed E-state index contributed by atoms with van der Waals surface area (Å²) in [7, 11) is 0. The van der Waals surface area contributed by atoms with E-state index in [9.17, 15) is 9.59 Å². The van der Waals surface area contributed by atoms with Crippen LogP contribution in [-0.4, -0.2) is 31.8 Å². The Hall–Kier alpha value is -3.08. The second-order valence-electron chi connectivity index (χ2n) is 6.68. The average molecular weight is 379 g/mol. The SMILES string of the molecule is C=CCCCCOC(=O)CNC(=O)OCC1c2ccccc2-c2ccccc21. The summed E-state index contributed by atoms with van der Waals surface area (Å²) in [5.74, 6) is -0.470. The second kappa shape index (κ2) is 9.74. The molecular weight excluding hydrogens is 354 g/mol. The number of fused-ring (bicyclic) bond motifs is 3. The fraction of sp³-hybridized carbons (Fsp3) is 0.304. The highest BCUT2D eigenvalue weighted by Gasteiger charge is 2.28. The van der Waals surface area contributed by atoms with E-state index in [0.29, 0.717) is 6.61 Å². The summed E-state index contributed by atoms with van der Waals surface area (Å²) in [6.45, 7) is 4.01. The second-order valence-corrected chi connectivity index (χ2v) is 6.68. The summed E-state index contributed by atoms with van der Waals surface area (Å²) in [6, 6.07) is 16.3. The Balaban J connectivity index is 1.46. The molecule has 1 aliphatic rings. The van der Waals surface area contributed by atoms with Gasteiger partial charge >= 0.3 is 12.1 Å². The first-order valence-electron chi connectivity index (χ1n) is 9.56. The molecule has 146 valence electrons. The topological polar surface area (TPSA) is 64.6 Å². The van der Waals surface area contributed by atoms with Gasteiger partial charge in [0.25, 0.3) is 0 Å². The number of allylic oxidation sites excluding steroid dienone is 1. The molecule has 0 fully saturated rings. The van der Waals surface area contributed by atoms with E-state index in [0.717, 1.165) is 30.4 Å². The van der Waals surface area contributed by atoms with Gasteiger partial charge in [0.1, 0.15) is 13.2 Å². The summed E-state index contributed by atoms with van der Waals surface area (Å²) >= 11 is 0. The van der Waals surface area contributed by atoms with Crippen molar-refractivity contribution in [2.24, 2.45) is 0 Å². The van der Waals surface area contributed by atoms with Crippen LogP contribution in [0.4, 0.5) is 4.79 Å². The molecule has 0 bridgehead atoms. The van der Waals surface area contributed by atoms with Gasteiger partial charge in [-0.1, -0.05) is 54.6 Å². The molecule has 1 N–H and O–H groups in total. The van der Waals surface area contributed by atoms with Crippen molar-refractivity contribution in [1.29, 1.82) is 0 Å². The van der Waals surface area contributed by atoms with E-state index >= 15 is 0 Å². The highest BCUT2D eigenvalue weighted by molar-refractivity contribution is 5.80. The zero-order chi connectivity index (χ0) is 19.8. The smallest absolute Gasteiger partial charge is 0.407 e. The van der Waals surface area contributed by atoms with Crippen LogP contribution in [0.15, 0.2) is 61.2 Å². The molecule has 0 unspecified atom stereocenters. The first-order chi connectivity index (χ1) is 13.7. The zero-order valence-corrected chi connectivity index (χ0v) is 15.9. The molecule has 3 rings (SSSR count). The lowest BCUT2D eigenvalue weighted by Crippen LogP contribution is -2.32. The third kappa shape index (κ3) is 4.80. The predicted octanol–water partition coefficient (Wildman–Crippen LogP) is 4.42. The first-order valence-corrected chi connectivity index (χ1v) is 9.56. The van der Waals surface area contributed by atoms with Gasteiger partial charge in [-0.2, -0.15) is 0 Å². The fourth-order valence-corrected chi connectivity index (χ4v) is 3.42. The number of benzene rings is 2. The standard InChI is InChI=1S/C23H25NO4/c1-2-3-4-9-14-27-22(25)15-24-23(26)28-16-21-19-12-7-5-10-17(19)18-11-6-8-13-20(18)21/h2,5-8,10-13,21H,1,3-4,9,14-16H2,(H,24,26). The van der Waals surface area contributed by atoms with E-state index in [2.05, 4.69) is 36.2 Å². The van der Waals surface area contributed by atoms with Gasteiger partial charge in [0.05, 0.1) is 6.61 Å². The summed E-state index contributed by atoms with van der Waals surface area (Å²) in [6.07, 6.45) is 3.82. The van der Waals surface area contributed by atoms with Crippen LogP contribution in [0.3, 0.4) is 0 Å². The van der Waals surface area contributed by atoms with Gasteiger partial charge in [0, 0.05) is 5.92 Å². The molecule has 0 aliphatic heterocycles. The number of hydrogen-bond acceptors (Lipinski definition) is 4. The van der Waals surface area contributed by atoms with Crippen LogP contribution in [-0.2, 0) is 14.3 Å². The molecule has 0 saturated carbocycles. The van der Waals surface area contributed by atoms with E-state index in [1.807, 2.05) is 30.3 Å². The van der Waals surface area contributed by atoms with Gasteiger partial charge in [-0.05, 0) is 41.5 Å². The van der Waals surface area contributed by atoms with Crippen LogP contribution in [0.2, 0.25) is 0 Å². The molecule has 1 amide bonds. The number of ether oxygens (including phenoxy) is 2. The molecular formula is C23H25NO4. The summed E-state index contributed by atoms with van der Waals surface area (Å²) < 4.78 is 10.4. The quantitative estimate of drug-likeness (QED) is 0.398. The van der Waals surface area contributed by atoms with Crippen LogP contribution in [0.1, 0.15) is 36.3 Å². The lowest BCUT2D eigenvalue weighted by atomic mass is 9.98. The number of alkyl carbamates (subject to hydrolysis) is 1. The Kier molecular flexibility index (Phi) is 6.84. The number of amides is 1. The van der Waals surface area contributed by atoms with E-state index < -0.39 is 12.1 Å². The number of esters is 1. The summed E-state index contributed by atoms with van der Waals surface area (Å²) in [5, 5.41) is 2.45. The van der Waals surface area contributed by atoms with Crippen molar-refractivity contribution in [2.45, 2.75) is 25.2 Å². The maximum Gasteiger partial charge on any atom is 0.407 e. The van der Waals surface area contributed by atoms with Crippen LogP contribution >= 0.6 is 0 Å². The Morgan fingerprint density at radius 1 is 0.964 bits per heavy atom. The lowest BCUT2D eigenvalue weighted by Gasteiger charge is -2.14. The molecule has 0 aromatic heterocycles. The normalized spacial score (nSPS) is 12.0. The van der Waals surface area contributed by atoms with Crippen molar-refractivity contribution < 1.29 is 19.1 Å². The Morgan fingerprint density at radius 2 is 1.61 bits per heavy atom. The predicted molar refractivity (Wildman–Crippen MR) is 108 cm³/mol. The number of carbonyl (C=O) groups is 2. The lowest BCUT2D eigenvalue weighted by molar-refractivity contribution is -0.142. The largest absolute Gasteiger partial charge is 0.464 e. The summed E-state index contributed by atoms with van der Waals surface area (Å²) in [4.78, 5) is 23.6. The van der Waals surface area contributed by atoms with Gasteiger partial charge in [-0.3, -0.25) is 4.79 Å². The van der Waals surface area contributed by atoms with E-state index in [-0.39, 0.29) is 19.1 Å². The molecule has 5 nitrogen and oxygen atoms in total. The third-order valence-corrected chi connectivity index (χ3v) is 4.79. The van der Waals surface area contributed by atoms with E-state index in [1.54, 1.807) is 0 Å². The van der Waals surface area contributed by atoms with Crippen molar-refractivity contribution in [1.82, 2.24) is 5.32 Å². The number of rotatable bonds is 9. The van der Waals surface area contributed by atoms with Crippen molar-refractivity contribution in [3.63, 3.8) is 0 Å². The number of unbranched alkanes of at least 4 members (excludes halogenated alkanes) is 2. The number of hydrogen-bond donors (Lipinski definition) is 1. The van der Waals surface area contributed by atoms with Gasteiger partial charge in [-0.15, -0.1) is 6.58 Å². The van der Waals surface area contributed by atoms with Gasteiger partial charge < -0.3 is 14.8 Å². The monoisotopic (exact) mass is 379 g/mol. The van der Waals surface area contributed by atoms with E-state index in [4.69, 9.17) is 9.47 Å². The minimum atomic E-state index is -0.620. The van der Waals surface area contributed by atoms with Crippen molar-refractivity contribution in [3.05, 3.63) is 72.3 Å². The zero-order valence-electron chi connectivity index (χ0n) is 15.9. The molecule has 28 heavy (non-hydrogen) atoms. The maximum absolute atomic E-state index is 12.0. The van der Waals surface area contributed by atoms with Crippen molar-refractivity contribution in [2.75, 3.05) is 19.8 Å². The Labute approximate surface area is 165 Å².